The van der Waals surface area contributed by atoms with Crippen LogP contribution in [0.25, 0.3) is 10.8 Å². The predicted molar refractivity (Wildman–Crippen MR) is 69.1 cm³/mol. The van der Waals surface area contributed by atoms with Gasteiger partial charge in [-0.1, -0.05) is 18.2 Å². The molecular weight excluding hydrogens is 212 g/mol. The molecule has 1 aromatic heterocycles. The van der Waals surface area contributed by atoms with Crippen LogP contribution < -0.4 is 11.3 Å². The van der Waals surface area contributed by atoms with Gasteiger partial charge in [-0.05, 0) is 37.3 Å². The molecule has 0 bridgehead atoms. The van der Waals surface area contributed by atoms with Gasteiger partial charge in [0.2, 0.25) is 0 Å². The zero-order valence-electron chi connectivity index (χ0n) is 9.89. The molecular formula is C14H16N2O. The van der Waals surface area contributed by atoms with Crippen molar-refractivity contribution in [1.82, 2.24) is 4.57 Å². The highest BCUT2D eigenvalue weighted by Gasteiger charge is 2.28. The first kappa shape index (κ1) is 10.5. The zero-order valence-corrected chi connectivity index (χ0v) is 9.89. The summed E-state index contributed by atoms with van der Waals surface area (Å²) in [5.41, 5.74) is 7.04. The first-order valence-electron chi connectivity index (χ1n) is 6.08. The lowest BCUT2D eigenvalue weighted by atomic mass is 10.1. The minimum atomic E-state index is -0.104. The largest absolute Gasteiger partial charge is 0.323 e. The van der Waals surface area contributed by atoms with E-state index in [-0.39, 0.29) is 11.6 Å². The number of nitrogens with zero attached hydrogens (tertiary/aromatic N) is 1. The Hall–Kier alpha value is -1.61. The Kier molecular flexibility index (Phi) is 2.30. The molecule has 0 saturated heterocycles. The summed E-state index contributed by atoms with van der Waals surface area (Å²) in [6.45, 7) is 1.93. The molecule has 0 spiro atoms. The van der Waals surface area contributed by atoms with Crippen LogP contribution in [-0.2, 0) is 0 Å². The predicted octanol–water partition coefficient (Wildman–Crippen LogP) is 2.36. The monoisotopic (exact) mass is 228 g/mol. The first-order valence-corrected chi connectivity index (χ1v) is 6.08. The van der Waals surface area contributed by atoms with Crippen molar-refractivity contribution >= 4 is 10.8 Å². The SMILES string of the molecule is CC(N)c1cc2ccccc2c(=O)n1C1CC1. The Balaban J connectivity index is 2.38. The Morgan fingerprint density at radius 1 is 1.35 bits per heavy atom. The second-order valence-electron chi connectivity index (χ2n) is 4.85. The highest BCUT2D eigenvalue weighted by atomic mass is 16.1. The second kappa shape index (κ2) is 3.70. The molecule has 3 rings (SSSR count). The Labute approximate surface area is 99.9 Å². The lowest BCUT2D eigenvalue weighted by Gasteiger charge is -2.16. The third kappa shape index (κ3) is 1.67. The van der Waals surface area contributed by atoms with Crippen molar-refractivity contribution in [3.05, 3.63) is 46.4 Å². The normalized spacial score (nSPS) is 17.3. The van der Waals surface area contributed by atoms with Crippen molar-refractivity contribution in [3.8, 4) is 0 Å². The van der Waals surface area contributed by atoms with Crippen LogP contribution in [0.1, 0.15) is 37.5 Å². The van der Waals surface area contributed by atoms with Gasteiger partial charge < -0.3 is 10.3 Å². The summed E-state index contributed by atoms with van der Waals surface area (Å²) in [4.78, 5) is 12.4. The molecule has 17 heavy (non-hydrogen) atoms. The van der Waals surface area contributed by atoms with Crippen LogP contribution in [0.5, 0.6) is 0 Å². The average Bonchev–Trinajstić information content (AvgIpc) is 3.13. The maximum absolute atomic E-state index is 12.4. The Bertz CT molecular complexity index is 624. The molecule has 88 valence electrons. The molecule has 0 aliphatic heterocycles. The molecule has 0 radical (unpaired) electrons. The van der Waals surface area contributed by atoms with E-state index in [0.29, 0.717) is 6.04 Å². The van der Waals surface area contributed by atoms with E-state index in [1.54, 1.807) is 0 Å². The molecule has 2 aromatic rings. The van der Waals surface area contributed by atoms with Crippen LogP contribution in [0.3, 0.4) is 0 Å². The van der Waals surface area contributed by atoms with Crippen LogP contribution in [0, 0.1) is 0 Å². The van der Waals surface area contributed by atoms with Crippen molar-refractivity contribution in [2.24, 2.45) is 5.73 Å². The minimum absolute atomic E-state index is 0.104. The Morgan fingerprint density at radius 2 is 2.06 bits per heavy atom. The molecule has 1 saturated carbocycles. The number of rotatable bonds is 2. The van der Waals surface area contributed by atoms with Gasteiger partial charge >= 0.3 is 0 Å². The number of pyridine rings is 1. The molecule has 1 atom stereocenters. The van der Waals surface area contributed by atoms with E-state index < -0.39 is 0 Å². The molecule has 3 heteroatoms. The molecule has 1 aliphatic rings. The number of fused-ring (bicyclic) bond motifs is 1. The number of hydrogen-bond donors (Lipinski definition) is 1. The van der Waals surface area contributed by atoms with Gasteiger partial charge in [-0.25, -0.2) is 0 Å². The van der Waals surface area contributed by atoms with E-state index in [2.05, 4.69) is 6.07 Å². The molecule has 1 heterocycles. The van der Waals surface area contributed by atoms with Crippen LogP contribution >= 0.6 is 0 Å². The van der Waals surface area contributed by atoms with Crippen molar-refractivity contribution < 1.29 is 0 Å². The molecule has 1 aromatic carbocycles. The maximum Gasteiger partial charge on any atom is 0.258 e. The first-order chi connectivity index (χ1) is 8.18. The molecule has 3 nitrogen and oxygen atoms in total. The summed E-state index contributed by atoms with van der Waals surface area (Å²) in [6.07, 6.45) is 2.19. The third-order valence-electron chi connectivity index (χ3n) is 3.37. The third-order valence-corrected chi connectivity index (χ3v) is 3.37. The van der Waals surface area contributed by atoms with Gasteiger partial charge in [-0.2, -0.15) is 0 Å². The van der Waals surface area contributed by atoms with E-state index in [1.807, 2.05) is 35.8 Å². The van der Waals surface area contributed by atoms with Crippen molar-refractivity contribution in [1.29, 1.82) is 0 Å². The summed E-state index contributed by atoms with van der Waals surface area (Å²) < 4.78 is 1.90. The maximum atomic E-state index is 12.4. The quantitative estimate of drug-likeness (QED) is 0.857. The van der Waals surface area contributed by atoms with Gasteiger partial charge in [-0.15, -0.1) is 0 Å². The Morgan fingerprint density at radius 3 is 2.71 bits per heavy atom. The van der Waals surface area contributed by atoms with Crippen molar-refractivity contribution in [3.63, 3.8) is 0 Å². The second-order valence-corrected chi connectivity index (χ2v) is 4.85. The fourth-order valence-corrected chi connectivity index (χ4v) is 2.35. The van der Waals surface area contributed by atoms with Crippen molar-refractivity contribution in [2.45, 2.75) is 31.8 Å². The van der Waals surface area contributed by atoms with Crippen LogP contribution in [-0.4, -0.2) is 4.57 Å². The topological polar surface area (TPSA) is 48.0 Å². The van der Waals surface area contributed by atoms with Gasteiger partial charge in [0, 0.05) is 23.2 Å². The number of benzene rings is 1. The van der Waals surface area contributed by atoms with Gasteiger partial charge in [0.1, 0.15) is 0 Å². The molecule has 0 amide bonds. The van der Waals surface area contributed by atoms with E-state index in [9.17, 15) is 4.79 Å². The van der Waals surface area contributed by atoms with Crippen LogP contribution in [0.4, 0.5) is 0 Å². The standard InChI is InChI=1S/C14H16N2O/c1-9(15)13-8-10-4-2-3-5-12(10)14(17)16(13)11-6-7-11/h2-5,8-9,11H,6-7,15H2,1H3. The molecule has 1 unspecified atom stereocenters. The van der Waals surface area contributed by atoms with Crippen LogP contribution in [0.2, 0.25) is 0 Å². The van der Waals surface area contributed by atoms with Crippen molar-refractivity contribution in [2.75, 3.05) is 0 Å². The smallest absolute Gasteiger partial charge is 0.258 e. The summed E-state index contributed by atoms with van der Waals surface area (Å²) in [5, 5.41) is 1.78. The summed E-state index contributed by atoms with van der Waals surface area (Å²) in [6, 6.07) is 10.0. The number of nitrogens with two attached hydrogens (primary N) is 1. The average molecular weight is 228 g/mol. The fraction of sp³-hybridized carbons (Fsp3) is 0.357. The number of hydrogen-bond acceptors (Lipinski definition) is 2. The van der Waals surface area contributed by atoms with E-state index in [0.717, 1.165) is 29.3 Å². The highest BCUT2D eigenvalue weighted by molar-refractivity contribution is 5.82. The van der Waals surface area contributed by atoms with Crippen LogP contribution in [0.15, 0.2) is 35.1 Å². The minimum Gasteiger partial charge on any atom is -0.323 e. The summed E-state index contributed by atoms with van der Waals surface area (Å²) in [5.74, 6) is 0. The molecule has 1 fully saturated rings. The van der Waals surface area contributed by atoms with E-state index in [1.165, 1.54) is 0 Å². The van der Waals surface area contributed by atoms with Gasteiger partial charge in [0.05, 0.1) is 0 Å². The lowest BCUT2D eigenvalue weighted by Crippen LogP contribution is -2.26. The van der Waals surface area contributed by atoms with E-state index in [4.69, 9.17) is 5.73 Å². The molecule has 2 N–H and O–H groups in total. The van der Waals surface area contributed by atoms with Gasteiger partial charge in [0.25, 0.3) is 5.56 Å². The number of aromatic nitrogens is 1. The summed E-state index contributed by atoms with van der Waals surface area (Å²) >= 11 is 0. The highest BCUT2D eigenvalue weighted by Crippen LogP contribution is 2.36. The zero-order chi connectivity index (χ0) is 12.0. The fourth-order valence-electron chi connectivity index (χ4n) is 2.35. The summed E-state index contributed by atoms with van der Waals surface area (Å²) in [7, 11) is 0. The van der Waals surface area contributed by atoms with Gasteiger partial charge in [-0.3, -0.25) is 4.79 Å². The lowest BCUT2D eigenvalue weighted by molar-refractivity contribution is 0.620. The van der Waals surface area contributed by atoms with Gasteiger partial charge in [0.15, 0.2) is 0 Å². The molecule has 1 aliphatic carbocycles. The van der Waals surface area contributed by atoms with E-state index >= 15 is 0 Å².